The van der Waals surface area contributed by atoms with Gasteiger partial charge in [0.2, 0.25) is 0 Å². The summed E-state index contributed by atoms with van der Waals surface area (Å²) in [7, 11) is 0. The van der Waals surface area contributed by atoms with Crippen molar-refractivity contribution in [1.29, 1.82) is 0 Å². The standard InChI is InChI=1S/C18H21NO/c20-15-18(17-10-5-2-6-11-17)12-7-13-19(18)14-16-8-3-1-4-9-16/h1-6,8-11,20H,7,12-15H2/t18-/m1/s1. The van der Waals surface area contributed by atoms with Gasteiger partial charge in [0.15, 0.2) is 0 Å². The van der Waals surface area contributed by atoms with Crippen LogP contribution in [0, 0.1) is 0 Å². The molecule has 3 rings (SSSR count). The van der Waals surface area contributed by atoms with Gasteiger partial charge < -0.3 is 5.11 Å². The fourth-order valence-electron chi connectivity index (χ4n) is 3.31. The molecule has 0 saturated carbocycles. The molecule has 1 heterocycles. The van der Waals surface area contributed by atoms with Crippen LogP contribution in [0.1, 0.15) is 24.0 Å². The van der Waals surface area contributed by atoms with E-state index in [4.69, 9.17) is 0 Å². The Morgan fingerprint density at radius 1 is 0.950 bits per heavy atom. The molecule has 1 atom stereocenters. The highest BCUT2D eigenvalue weighted by atomic mass is 16.3. The Bertz CT molecular complexity index is 540. The first-order valence-corrected chi connectivity index (χ1v) is 7.30. The van der Waals surface area contributed by atoms with E-state index in [1.807, 2.05) is 12.1 Å². The maximum Gasteiger partial charge on any atom is 0.0697 e. The van der Waals surface area contributed by atoms with E-state index in [0.717, 1.165) is 25.9 Å². The van der Waals surface area contributed by atoms with Crippen LogP contribution in [-0.2, 0) is 12.1 Å². The van der Waals surface area contributed by atoms with Crippen LogP contribution in [0.3, 0.4) is 0 Å². The average Bonchev–Trinajstić information content (AvgIpc) is 2.93. The molecule has 2 heteroatoms. The van der Waals surface area contributed by atoms with E-state index in [2.05, 4.69) is 53.4 Å². The molecule has 0 bridgehead atoms. The summed E-state index contributed by atoms with van der Waals surface area (Å²) in [6, 6.07) is 21.0. The lowest BCUT2D eigenvalue weighted by atomic mass is 9.87. The molecule has 104 valence electrons. The van der Waals surface area contributed by atoms with Crippen molar-refractivity contribution >= 4 is 0 Å². The van der Waals surface area contributed by atoms with E-state index in [0.29, 0.717) is 0 Å². The molecule has 1 saturated heterocycles. The Morgan fingerprint density at radius 3 is 2.25 bits per heavy atom. The van der Waals surface area contributed by atoms with Crippen LogP contribution in [0.15, 0.2) is 60.7 Å². The first-order chi connectivity index (χ1) is 9.85. The van der Waals surface area contributed by atoms with Crippen LogP contribution >= 0.6 is 0 Å². The van der Waals surface area contributed by atoms with Gasteiger partial charge in [0.1, 0.15) is 0 Å². The summed E-state index contributed by atoms with van der Waals surface area (Å²) < 4.78 is 0. The molecule has 1 aliphatic heterocycles. The van der Waals surface area contributed by atoms with Crippen molar-refractivity contribution in [3.63, 3.8) is 0 Å². The molecule has 0 radical (unpaired) electrons. The van der Waals surface area contributed by atoms with Gasteiger partial charge in [-0.1, -0.05) is 60.7 Å². The largest absolute Gasteiger partial charge is 0.394 e. The van der Waals surface area contributed by atoms with Gasteiger partial charge in [-0.05, 0) is 30.5 Å². The SMILES string of the molecule is OC[C@@]1(c2ccccc2)CCCN1Cc1ccccc1. The van der Waals surface area contributed by atoms with Crippen LogP contribution < -0.4 is 0 Å². The number of aliphatic hydroxyl groups is 1. The quantitative estimate of drug-likeness (QED) is 0.919. The van der Waals surface area contributed by atoms with Crippen molar-refractivity contribution in [2.45, 2.75) is 24.9 Å². The minimum absolute atomic E-state index is 0.184. The number of hydrogen-bond acceptors (Lipinski definition) is 2. The smallest absolute Gasteiger partial charge is 0.0697 e. The van der Waals surface area contributed by atoms with Crippen LogP contribution in [0.5, 0.6) is 0 Å². The fraction of sp³-hybridized carbons (Fsp3) is 0.333. The van der Waals surface area contributed by atoms with Crippen LogP contribution in [0.4, 0.5) is 0 Å². The summed E-state index contributed by atoms with van der Waals surface area (Å²) in [6.07, 6.45) is 2.17. The Kier molecular flexibility index (Phi) is 3.86. The second kappa shape index (κ2) is 5.78. The molecule has 0 spiro atoms. The molecule has 0 aromatic heterocycles. The van der Waals surface area contributed by atoms with E-state index in [1.165, 1.54) is 11.1 Å². The molecule has 2 nitrogen and oxygen atoms in total. The summed E-state index contributed by atoms with van der Waals surface area (Å²) in [5.74, 6) is 0. The Hall–Kier alpha value is -1.64. The van der Waals surface area contributed by atoms with E-state index in [-0.39, 0.29) is 12.1 Å². The normalized spacial score (nSPS) is 23.1. The van der Waals surface area contributed by atoms with Crippen molar-refractivity contribution in [3.8, 4) is 0 Å². The predicted octanol–water partition coefficient (Wildman–Crippen LogP) is 3.17. The van der Waals surface area contributed by atoms with Crippen molar-refractivity contribution in [3.05, 3.63) is 71.8 Å². The Labute approximate surface area is 120 Å². The number of benzene rings is 2. The molecule has 20 heavy (non-hydrogen) atoms. The van der Waals surface area contributed by atoms with Crippen molar-refractivity contribution < 1.29 is 5.11 Å². The molecular weight excluding hydrogens is 246 g/mol. The van der Waals surface area contributed by atoms with Crippen molar-refractivity contribution in [1.82, 2.24) is 4.90 Å². The van der Waals surface area contributed by atoms with Crippen LogP contribution in [0.25, 0.3) is 0 Å². The number of aliphatic hydroxyl groups excluding tert-OH is 1. The van der Waals surface area contributed by atoms with E-state index >= 15 is 0 Å². The molecule has 1 fully saturated rings. The summed E-state index contributed by atoms with van der Waals surface area (Å²) in [4.78, 5) is 2.43. The maximum atomic E-state index is 10.1. The Morgan fingerprint density at radius 2 is 1.60 bits per heavy atom. The fourth-order valence-corrected chi connectivity index (χ4v) is 3.31. The van der Waals surface area contributed by atoms with Gasteiger partial charge in [-0.25, -0.2) is 0 Å². The molecule has 0 unspecified atom stereocenters. The van der Waals surface area contributed by atoms with Gasteiger partial charge in [0.05, 0.1) is 12.1 Å². The third kappa shape index (κ3) is 2.37. The summed E-state index contributed by atoms with van der Waals surface area (Å²) in [5.41, 5.74) is 2.33. The summed E-state index contributed by atoms with van der Waals surface area (Å²) >= 11 is 0. The minimum Gasteiger partial charge on any atom is -0.394 e. The molecule has 0 aliphatic carbocycles. The highest BCUT2D eigenvalue weighted by Crippen LogP contribution is 2.39. The molecule has 2 aromatic carbocycles. The molecule has 0 amide bonds. The first kappa shape index (κ1) is 13.3. The zero-order chi connectivity index (χ0) is 13.8. The highest BCUT2D eigenvalue weighted by molar-refractivity contribution is 5.27. The molecule has 2 aromatic rings. The van der Waals surface area contributed by atoms with E-state index < -0.39 is 0 Å². The second-order valence-corrected chi connectivity index (χ2v) is 5.57. The van der Waals surface area contributed by atoms with Gasteiger partial charge in [-0.3, -0.25) is 4.90 Å². The number of nitrogens with zero attached hydrogens (tertiary/aromatic N) is 1. The molecule has 1 aliphatic rings. The van der Waals surface area contributed by atoms with Crippen LogP contribution in [0.2, 0.25) is 0 Å². The third-order valence-corrected chi connectivity index (χ3v) is 4.41. The van der Waals surface area contributed by atoms with E-state index in [1.54, 1.807) is 0 Å². The van der Waals surface area contributed by atoms with Crippen molar-refractivity contribution in [2.24, 2.45) is 0 Å². The lowest BCUT2D eigenvalue weighted by molar-refractivity contribution is 0.0558. The predicted molar refractivity (Wildman–Crippen MR) is 81.3 cm³/mol. The molecular formula is C18H21NO. The lowest BCUT2D eigenvalue weighted by Crippen LogP contribution is -2.43. The Balaban J connectivity index is 1.90. The topological polar surface area (TPSA) is 23.5 Å². The van der Waals surface area contributed by atoms with E-state index in [9.17, 15) is 5.11 Å². The molecule has 1 N–H and O–H groups in total. The second-order valence-electron chi connectivity index (χ2n) is 5.57. The minimum atomic E-state index is -0.211. The van der Waals surface area contributed by atoms with Gasteiger partial charge in [-0.2, -0.15) is 0 Å². The summed E-state index contributed by atoms with van der Waals surface area (Å²) in [5, 5.41) is 10.1. The zero-order valence-electron chi connectivity index (χ0n) is 11.7. The number of rotatable bonds is 4. The van der Waals surface area contributed by atoms with Gasteiger partial charge in [0.25, 0.3) is 0 Å². The van der Waals surface area contributed by atoms with Crippen LogP contribution in [-0.4, -0.2) is 23.2 Å². The zero-order valence-corrected chi connectivity index (χ0v) is 11.7. The lowest BCUT2D eigenvalue weighted by Gasteiger charge is -2.37. The summed E-state index contributed by atoms with van der Waals surface area (Å²) in [6.45, 7) is 2.13. The van der Waals surface area contributed by atoms with Gasteiger partial charge in [-0.15, -0.1) is 0 Å². The maximum absolute atomic E-state index is 10.1. The highest BCUT2D eigenvalue weighted by Gasteiger charge is 2.41. The van der Waals surface area contributed by atoms with Crippen molar-refractivity contribution in [2.75, 3.05) is 13.2 Å². The first-order valence-electron chi connectivity index (χ1n) is 7.30. The number of likely N-dealkylation sites (tertiary alicyclic amines) is 1. The monoisotopic (exact) mass is 267 g/mol. The number of hydrogen-bond donors (Lipinski definition) is 1. The average molecular weight is 267 g/mol. The third-order valence-electron chi connectivity index (χ3n) is 4.41. The van der Waals surface area contributed by atoms with Gasteiger partial charge >= 0.3 is 0 Å². The van der Waals surface area contributed by atoms with Gasteiger partial charge in [0, 0.05) is 6.54 Å².